The highest BCUT2D eigenvalue weighted by Crippen LogP contribution is 2.39. The van der Waals surface area contributed by atoms with Crippen LogP contribution < -0.4 is 23.7 Å². The molecule has 1 heterocycles. The first-order valence-electron chi connectivity index (χ1n) is 9.03. The van der Waals surface area contributed by atoms with E-state index in [2.05, 4.69) is 23.7 Å². The number of hydrogen-bond acceptors (Lipinski definition) is 7. The molecule has 3 rings (SSSR count). The minimum Gasteiger partial charge on any atom is -0.493 e. The monoisotopic (exact) mass is 410 g/mol. The summed E-state index contributed by atoms with van der Waals surface area (Å²) in [6.45, 7) is 0.339. The van der Waals surface area contributed by atoms with Gasteiger partial charge in [0.05, 0.1) is 26.9 Å². The lowest BCUT2D eigenvalue weighted by Gasteiger charge is -2.13. The molecule has 0 aliphatic carbocycles. The SMILES string of the molecule is COc1ccc(C#CCOC(C#Cc2ccc3c(c2)OCO3)OC)c(OC)c1OC. The van der Waals surface area contributed by atoms with Gasteiger partial charge >= 0.3 is 0 Å². The Balaban J connectivity index is 1.64. The topological polar surface area (TPSA) is 64.6 Å². The van der Waals surface area contributed by atoms with Gasteiger partial charge in [0.25, 0.3) is 0 Å². The van der Waals surface area contributed by atoms with Gasteiger partial charge in [-0.2, -0.15) is 0 Å². The fourth-order valence-electron chi connectivity index (χ4n) is 2.73. The van der Waals surface area contributed by atoms with Crippen LogP contribution in [0.2, 0.25) is 0 Å². The van der Waals surface area contributed by atoms with Gasteiger partial charge in [-0.15, -0.1) is 0 Å². The third-order valence-electron chi connectivity index (χ3n) is 4.16. The van der Waals surface area contributed by atoms with E-state index < -0.39 is 6.29 Å². The zero-order chi connectivity index (χ0) is 21.3. The van der Waals surface area contributed by atoms with Crippen LogP contribution in [0.5, 0.6) is 28.7 Å². The number of rotatable bonds is 6. The van der Waals surface area contributed by atoms with E-state index >= 15 is 0 Å². The van der Waals surface area contributed by atoms with Crippen molar-refractivity contribution in [1.29, 1.82) is 0 Å². The van der Waals surface area contributed by atoms with Gasteiger partial charge in [0.2, 0.25) is 18.8 Å². The normalized spacial score (nSPS) is 12.1. The van der Waals surface area contributed by atoms with Gasteiger partial charge in [-0.05, 0) is 36.3 Å². The maximum absolute atomic E-state index is 5.58. The first-order valence-corrected chi connectivity index (χ1v) is 9.03. The molecule has 0 bridgehead atoms. The van der Waals surface area contributed by atoms with E-state index in [-0.39, 0.29) is 13.4 Å². The molecule has 1 atom stereocenters. The van der Waals surface area contributed by atoms with Crippen LogP contribution in [0.15, 0.2) is 30.3 Å². The summed E-state index contributed by atoms with van der Waals surface area (Å²) in [5.41, 5.74) is 1.42. The van der Waals surface area contributed by atoms with E-state index in [1.54, 1.807) is 33.5 Å². The Morgan fingerprint density at radius 2 is 1.70 bits per heavy atom. The second-order valence-electron chi connectivity index (χ2n) is 5.90. The number of ether oxygens (including phenoxy) is 7. The molecule has 0 amide bonds. The molecule has 0 saturated heterocycles. The molecule has 2 aromatic carbocycles. The van der Waals surface area contributed by atoms with Gasteiger partial charge in [0.15, 0.2) is 23.0 Å². The Bertz CT molecular complexity index is 1010. The van der Waals surface area contributed by atoms with E-state index in [9.17, 15) is 0 Å². The highest BCUT2D eigenvalue weighted by Gasteiger charge is 2.15. The molecule has 7 heteroatoms. The van der Waals surface area contributed by atoms with Crippen LogP contribution in [0.3, 0.4) is 0 Å². The van der Waals surface area contributed by atoms with Crippen molar-refractivity contribution in [3.8, 4) is 52.4 Å². The molecule has 1 aliphatic heterocycles. The number of fused-ring (bicyclic) bond motifs is 1. The van der Waals surface area contributed by atoms with Gasteiger partial charge in [-0.3, -0.25) is 0 Å². The molecule has 1 aliphatic rings. The maximum Gasteiger partial charge on any atom is 0.231 e. The largest absolute Gasteiger partial charge is 0.493 e. The van der Waals surface area contributed by atoms with Gasteiger partial charge in [-0.1, -0.05) is 17.8 Å². The van der Waals surface area contributed by atoms with E-state index in [1.165, 1.54) is 7.11 Å². The van der Waals surface area contributed by atoms with Crippen LogP contribution in [-0.4, -0.2) is 48.1 Å². The Labute approximate surface area is 175 Å². The van der Waals surface area contributed by atoms with Crippen LogP contribution in [0.25, 0.3) is 0 Å². The maximum atomic E-state index is 5.58. The van der Waals surface area contributed by atoms with Gasteiger partial charge in [0, 0.05) is 12.7 Å². The van der Waals surface area contributed by atoms with Crippen molar-refractivity contribution in [3.63, 3.8) is 0 Å². The van der Waals surface area contributed by atoms with Crippen LogP contribution in [-0.2, 0) is 9.47 Å². The molecule has 0 saturated carbocycles. The third kappa shape index (κ3) is 4.90. The molecule has 0 fully saturated rings. The van der Waals surface area contributed by atoms with Gasteiger partial charge in [-0.25, -0.2) is 0 Å². The summed E-state index contributed by atoms with van der Waals surface area (Å²) in [4.78, 5) is 0. The molecule has 30 heavy (non-hydrogen) atoms. The first kappa shape index (κ1) is 21.2. The lowest BCUT2D eigenvalue weighted by atomic mass is 10.1. The molecule has 2 aromatic rings. The predicted octanol–water partition coefficient (Wildman–Crippen LogP) is 2.83. The lowest BCUT2D eigenvalue weighted by molar-refractivity contribution is -0.0719. The summed E-state index contributed by atoms with van der Waals surface area (Å²) in [6.07, 6.45) is -0.725. The summed E-state index contributed by atoms with van der Waals surface area (Å²) in [5.74, 6) is 14.8. The molecule has 0 N–H and O–H groups in total. The lowest BCUT2D eigenvalue weighted by Crippen LogP contribution is -2.13. The van der Waals surface area contributed by atoms with Crippen molar-refractivity contribution in [3.05, 3.63) is 41.5 Å². The smallest absolute Gasteiger partial charge is 0.231 e. The molecule has 0 spiro atoms. The zero-order valence-electron chi connectivity index (χ0n) is 17.2. The van der Waals surface area contributed by atoms with E-state index in [4.69, 9.17) is 33.2 Å². The van der Waals surface area contributed by atoms with Crippen molar-refractivity contribution < 1.29 is 33.2 Å². The third-order valence-corrected chi connectivity index (χ3v) is 4.16. The highest BCUT2D eigenvalue weighted by atomic mass is 16.7. The average molecular weight is 410 g/mol. The first-order chi connectivity index (χ1) is 14.7. The molecular weight excluding hydrogens is 388 g/mol. The number of hydrogen-bond donors (Lipinski definition) is 0. The minimum absolute atomic E-state index is 0.117. The molecule has 0 radical (unpaired) electrons. The van der Waals surface area contributed by atoms with Crippen LogP contribution in [0.4, 0.5) is 0 Å². The summed E-state index contributed by atoms with van der Waals surface area (Å²) < 4.78 is 37.5. The number of benzene rings is 2. The van der Waals surface area contributed by atoms with E-state index in [0.29, 0.717) is 34.3 Å². The van der Waals surface area contributed by atoms with Crippen molar-refractivity contribution >= 4 is 0 Å². The standard InChI is InChI=1S/C23H22O7/c1-24-19-11-9-17(22(26-3)23(19)27-4)6-5-13-28-21(25-2)12-8-16-7-10-18-20(14-16)30-15-29-18/h7,9-11,14,21H,13,15H2,1-4H3. The van der Waals surface area contributed by atoms with Crippen molar-refractivity contribution in [2.75, 3.05) is 41.8 Å². The van der Waals surface area contributed by atoms with Crippen LogP contribution in [0.1, 0.15) is 11.1 Å². The molecule has 156 valence electrons. The second kappa shape index (κ2) is 10.3. The van der Waals surface area contributed by atoms with Crippen molar-refractivity contribution in [2.24, 2.45) is 0 Å². The van der Waals surface area contributed by atoms with Crippen LogP contribution >= 0.6 is 0 Å². The van der Waals surface area contributed by atoms with Crippen molar-refractivity contribution in [1.82, 2.24) is 0 Å². The zero-order valence-corrected chi connectivity index (χ0v) is 17.2. The molecule has 0 aromatic heterocycles. The second-order valence-corrected chi connectivity index (χ2v) is 5.90. The predicted molar refractivity (Wildman–Crippen MR) is 109 cm³/mol. The fraction of sp³-hybridized carbons (Fsp3) is 0.304. The summed E-state index contributed by atoms with van der Waals surface area (Å²) in [6, 6.07) is 9.03. The van der Waals surface area contributed by atoms with Crippen LogP contribution in [0, 0.1) is 23.7 Å². The molecule has 7 nitrogen and oxygen atoms in total. The number of methoxy groups -OCH3 is 4. The molecule has 1 unspecified atom stereocenters. The Morgan fingerprint density at radius 1 is 0.900 bits per heavy atom. The van der Waals surface area contributed by atoms with Gasteiger partial charge in [0.1, 0.15) is 6.61 Å². The summed E-state index contributed by atoms with van der Waals surface area (Å²) in [5, 5.41) is 0. The minimum atomic E-state index is -0.725. The average Bonchev–Trinajstić information content (AvgIpc) is 3.25. The fourth-order valence-corrected chi connectivity index (χ4v) is 2.73. The Morgan fingerprint density at radius 3 is 2.43 bits per heavy atom. The molecular formula is C23H22O7. The van der Waals surface area contributed by atoms with Gasteiger partial charge < -0.3 is 33.2 Å². The Hall–Kier alpha value is -3.52. The highest BCUT2D eigenvalue weighted by molar-refractivity contribution is 5.60. The Kier molecular flexibility index (Phi) is 7.29. The summed E-state index contributed by atoms with van der Waals surface area (Å²) >= 11 is 0. The van der Waals surface area contributed by atoms with Crippen molar-refractivity contribution in [2.45, 2.75) is 6.29 Å². The van der Waals surface area contributed by atoms with E-state index in [0.717, 1.165) is 5.56 Å². The summed E-state index contributed by atoms with van der Waals surface area (Å²) in [7, 11) is 6.17. The van der Waals surface area contributed by atoms with E-state index in [1.807, 2.05) is 18.2 Å². The quantitative estimate of drug-likeness (QED) is 0.536.